The first-order valence-corrected chi connectivity index (χ1v) is 5.70. The molecule has 1 unspecified atom stereocenters. The monoisotopic (exact) mass is 176 g/mol. The normalized spacial score (nSPS) is 31.7. The van der Waals surface area contributed by atoms with Crippen molar-refractivity contribution >= 4 is 11.8 Å². The van der Waals surface area contributed by atoms with Crippen LogP contribution in [0.2, 0.25) is 0 Å². The molecule has 0 aromatic heterocycles. The van der Waals surface area contributed by atoms with Crippen LogP contribution in [0.5, 0.6) is 0 Å². The van der Waals surface area contributed by atoms with Gasteiger partial charge in [-0.15, -0.1) is 0 Å². The van der Waals surface area contributed by atoms with Gasteiger partial charge in [-0.2, -0.15) is 11.8 Å². The SMILES string of the molecule is c1ccc2c(c1)C1CC[C@@H]2CS1. The van der Waals surface area contributed by atoms with Crippen molar-refractivity contribution in [2.75, 3.05) is 5.75 Å². The van der Waals surface area contributed by atoms with Gasteiger partial charge in [0.15, 0.2) is 0 Å². The molecule has 1 aliphatic carbocycles. The van der Waals surface area contributed by atoms with Crippen LogP contribution < -0.4 is 0 Å². The van der Waals surface area contributed by atoms with Crippen molar-refractivity contribution in [2.45, 2.75) is 24.0 Å². The predicted molar refractivity (Wildman–Crippen MR) is 53.6 cm³/mol. The molecule has 0 spiro atoms. The van der Waals surface area contributed by atoms with E-state index in [0.29, 0.717) is 0 Å². The third-order valence-corrected chi connectivity index (χ3v) is 4.55. The topological polar surface area (TPSA) is 0 Å². The van der Waals surface area contributed by atoms with Crippen LogP contribution in [-0.2, 0) is 0 Å². The molecule has 0 nitrogen and oxygen atoms in total. The first-order chi connectivity index (χ1) is 5.95. The Morgan fingerprint density at radius 2 is 1.92 bits per heavy atom. The predicted octanol–water partition coefficient (Wildman–Crippen LogP) is 3.35. The third-order valence-electron chi connectivity index (χ3n) is 3.06. The van der Waals surface area contributed by atoms with E-state index in [9.17, 15) is 0 Å². The molecule has 4 rings (SSSR count). The summed E-state index contributed by atoms with van der Waals surface area (Å²) in [5.41, 5.74) is 3.28. The lowest BCUT2D eigenvalue weighted by Crippen LogP contribution is -2.20. The number of hydrogen-bond donors (Lipinski definition) is 0. The van der Waals surface area contributed by atoms with Crippen LogP contribution in [0.1, 0.15) is 35.1 Å². The second-order valence-electron chi connectivity index (χ2n) is 3.73. The summed E-state index contributed by atoms with van der Waals surface area (Å²) in [6.07, 6.45) is 2.83. The quantitative estimate of drug-likeness (QED) is 0.584. The molecule has 2 heterocycles. The summed E-state index contributed by atoms with van der Waals surface area (Å²) in [6, 6.07) is 9.01. The van der Waals surface area contributed by atoms with Crippen molar-refractivity contribution in [3.8, 4) is 0 Å². The molecule has 2 atom stereocenters. The molecule has 1 aromatic rings. The van der Waals surface area contributed by atoms with Crippen LogP contribution in [0.25, 0.3) is 0 Å². The fourth-order valence-corrected chi connectivity index (χ4v) is 3.93. The minimum atomic E-state index is 0.825. The molecular weight excluding hydrogens is 164 g/mol. The van der Waals surface area contributed by atoms with Gasteiger partial charge in [0.25, 0.3) is 0 Å². The Bertz CT molecular complexity index is 267. The van der Waals surface area contributed by atoms with Crippen LogP contribution in [0.4, 0.5) is 0 Å². The maximum absolute atomic E-state index is 2.33. The average Bonchev–Trinajstić information content (AvgIpc) is 2.20. The lowest BCUT2D eigenvalue weighted by atomic mass is 9.83. The van der Waals surface area contributed by atoms with E-state index in [0.717, 1.165) is 11.2 Å². The highest BCUT2D eigenvalue weighted by Crippen LogP contribution is 2.51. The van der Waals surface area contributed by atoms with E-state index in [1.54, 1.807) is 11.1 Å². The van der Waals surface area contributed by atoms with Crippen molar-refractivity contribution in [3.05, 3.63) is 35.4 Å². The summed E-state index contributed by atoms with van der Waals surface area (Å²) in [7, 11) is 0. The van der Waals surface area contributed by atoms with Crippen molar-refractivity contribution in [2.24, 2.45) is 0 Å². The maximum Gasteiger partial charge on any atom is 0.0300 e. The third kappa shape index (κ3) is 0.861. The summed E-state index contributed by atoms with van der Waals surface area (Å²) < 4.78 is 0. The second-order valence-corrected chi connectivity index (χ2v) is 4.96. The van der Waals surface area contributed by atoms with Gasteiger partial charge in [-0.3, -0.25) is 0 Å². The Kier molecular flexibility index (Phi) is 1.48. The fraction of sp³-hybridized carbons (Fsp3) is 0.455. The van der Waals surface area contributed by atoms with Crippen LogP contribution >= 0.6 is 11.8 Å². The Labute approximate surface area is 77.4 Å². The molecule has 1 aromatic carbocycles. The minimum Gasteiger partial charge on any atom is -0.153 e. The average molecular weight is 176 g/mol. The summed E-state index contributed by atoms with van der Waals surface area (Å²) in [4.78, 5) is 0. The molecule has 0 N–H and O–H groups in total. The van der Waals surface area contributed by atoms with Gasteiger partial charge in [-0.05, 0) is 29.9 Å². The zero-order chi connectivity index (χ0) is 7.97. The van der Waals surface area contributed by atoms with E-state index in [2.05, 4.69) is 36.0 Å². The van der Waals surface area contributed by atoms with Crippen LogP contribution in [0, 0.1) is 0 Å². The first-order valence-electron chi connectivity index (χ1n) is 4.65. The lowest BCUT2D eigenvalue weighted by molar-refractivity contribution is 0.565. The van der Waals surface area contributed by atoms with Crippen molar-refractivity contribution < 1.29 is 0 Å². The van der Waals surface area contributed by atoms with Gasteiger partial charge in [0.1, 0.15) is 0 Å². The van der Waals surface area contributed by atoms with Crippen molar-refractivity contribution in [1.29, 1.82) is 0 Å². The molecule has 2 bridgehead atoms. The van der Waals surface area contributed by atoms with Crippen molar-refractivity contribution in [3.63, 3.8) is 0 Å². The van der Waals surface area contributed by atoms with E-state index in [1.807, 2.05) is 0 Å². The summed E-state index contributed by atoms with van der Waals surface area (Å²) in [5.74, 6) is 2.23. The fourth-order valence-electron chi connectivity index (χ4n) is 2.42. The van der Waals surface area contributed by atoms with E-state index in [4.69, 9.17) is 0 Å². The van der Waals surface area contributed by atoms with Gasteiger partial charge < -0.3 is 0 Å². The van der Waals surface area contributed by atoms with E-state index >= 15 is 0 Å². The van der Waals surface area contributed by atoms with Gasteiger partial charge in [-0.25, -0.2) is 0 Å². The van der Waals surface area contributed by atoms with Gasteiger partial charge in [0.05, 0.1) is 0 Å². The first kappa shape index (κ1) is 7.02. The van der Waals surface area contributed by atoms with Crippen LogP contribution in [0.3, 0.4) is 0 Å². The highest BCUT2D eigenvalue weighted by atomic mass is 32.2. The van der Waals surface area contributed by atoms with Crippen molar-refractivity contribution in [1.82, 2.24) is 0 Å². The van der Waals surface area contributed by atoms with Gasteiger partial charge in [0, 0.05) is 11.0 Å². The molecular formula is C11H12S. The highest BCUT2D eigenvalue weighted by Gasteiger charge is 2.32. The number of rotatable bonds is 0. The molecule has 1 heteroatoms. The maximum atomic E-state index is 2.33. The highest BCUT2D eigenvalue weighted by molar-refractivity contribution is 7.99. The summed E-state index contributed by atoms with van der Waals surface area (Å²) in [6.45, 7) is 0. The Hall–Kier alpha value is -0.430. The molecule has 62 valence electrons. The Balaban J connectivity index is 2.19. The largest absolute Gasteiger partial charge is 0.153 e. The number of fused-ring (bicyclic) bond motifs is 2. The van der Waals surface area contributed by atoms with Gasteiger partial charge in [-0.1, -0.05) is 24.3 Å². The molecule has 12 heavy (non-hydrogen) atoms. The van der Waals surface area contributed by atoms with Crippen LogP contribution in [0.15, 0.2) is 24.3 Å². The molecule has 0 amide bonds. The molecule has 0 saturated carbocycles. The smallest absolute Gasteiger partial charge is 0.0300 e. The van der Waals surface area contributed by atoms with Crippen LogP contribution in [-0.4, -0.2) is 5.75 Å². The number of thioether (sulfide) groups is 1. The van der Waals surface area contributed by atoms with E-state index in [-0.39, 0.29) is 0 Å². The molecule has 2 aliphatic heterocycles. The molecule has 1 saturated heterocycles. The molecule has 0 radical (unpaired) electrons. The molecule has 3 aliphatic rings. The van der Waals surface area contributed by atoms with E-state index in [1.165, 1.54) is 18.6 Å². The standard InChI is InChI=1S/C11H12S/c1-2-4-10-9(3-1)8-5-6-11(10)12-7-8/h1-4,8,11H,5-7H2/t8-,11?/m1/s1. The number of benzene rings is 1. The lowest BCUT2D eigenvalue weighted by Gasteiger charge is -2.37. The van der Waals surface area contributed by atoms with Gasteiger partial charge in [0.2, 0.25) is 0 Å². The Morgan fingerprint density at radius 1 is 1.08 bits per heavy atom. The molecule has 1 fully saturated rings. The Morgan fingerprint density at radius 3 is 2.58 bits per heavy atom. The van der Waals surface area contributed by atoms with Gasteiger partial charge >= 0.3 is 0 Å². The van der Waals surface area contributed by atoms with E-state index < -0.39 is 0 Å². The summed E-state index contributed by atoms with van der Waals surface area (Å²) in [5, 5.41) is 0.825. The zero-order valence-corrected chi connectivity index (χ0v) is 7.81. The minimum absolute atomic E-state index is 0.825. The second kappa shape index (κ2) is 2.53. The zero-order valence-electron chi connectivity index (χ0n) is 6.99. The number of hydrogen-bond acceptors (Lipinski definition) is 1. The summed E-state index contributed by atoms with van der Waals surface area (Å²) >= 11 is 2.16.